The van der Waals surface area contributed by atoms with Gasteiger partial charge in [0.15, 0.2) is 0 Å². The summed E-state index contributed by atoms with van der Waals surface area (Å²) in [6.07, 6.45) is 3.25. The SMILES string of the molecule is O=[N+]([O-])c1c(NCc2ccn[nH]2)ccc2ncccc12. The van der Waals surface area contributed by atoms with Crippen LogP contribution in [0.5, 0.6) is 0 Å². The highest BCUT2D eigenvalue weighted by Crippen LogP contribution is 2.32. The molecule has 2 heterocycles. The first-order valence-corrected chi connectivity index (χ1v) is 6.00. The largest absolute Gasteiger partial charge is 0.374 e. The van der Waals surface area contributed by atoms with E-state index in [4.69, 9.17) is 0 Å². The molecule has 0 atom stereocenters. The quantitative estimate of drug-likeness (QED) is 0.560. The van der Waals surface area contributed by atoms with E-state index in [1.807, 2.05) is 0 Å². The van der Waals surface area contributed by atoms with Crippen LogP contribution >= 0.6 is 0 Å². The number of hydrogen-bond acceptors (Lipinski definition) is 5. The Bertz CT molecular complexity index is 755. The summed E-state index contributed by atoms with van der Waals surface area (Å²) in [5, 5.41) is 21.5. The van der Waals surface area contributed by atoms with Gasteiger partial charge in [0.05, 0.1) is 28.1 Å². The Morgan fingerprint density at radius 3 is 2.90 bits per heavy atom. The lowest BCUT2D eigenvalue weighted by molar-refractivity contribution is -0.382. The number of anilines is 1. The number of benzene rings is 1. The Morgan fingerprint density at radius 1 is 1.25 bits per heavy atom. The molecule has 7 nitrogen and oxygen atoms in total. The molecule has 2 aromatic heterocycles. The fraction of sp³-hybridized carbons (Fsp3) is 0.0769. The van der Waals surface area contributed by atoms with Crippen LogP contribution in [0.3, 0.4) is 0 Å². The maximum atomic E-state index is 11.3. The van der Waals surface area contributed by atoms with E-state index >= 15 is 0 Å². The highest BCUT2D eigenvalue weighted by atomic mass is 16.6. The molecule has 2 N–H and O–H groups in total. The smallest absolute Gasteiger partial charge is 0.301 e. The van der Waals surface area contributed by atoms with Crippen LogP contribution in [0.25, 0.3) is 10.9 Å². The topological polar surface area (TPSA) is 96.7 Å². The van der Waals surface area contributed by atoms with Gasteiger partial charge in [0.25, 0.3) is 0 Å². The van der Waals surface area contributed by atoms with Crippen LogP contribution in [0.4, 0.5) is 11.4 Å². The molecule has 0 spiro atoms. The second-order valence-corrected chi connectivity index (χ2v) is 4.22. The predicted octanol–water partition coefficient (Wildman–Crippen LogP) is 2.48. The van der Waals surface area contributed by atoms with Crippen LogP contribution in [-0.2, 0) is 6.54 Å². The van der Waals surface area contributed by atoms with Gasteiger partial charge >= 0.3 is 5.69 Å². The van der Waals surface area contributed by atoms with Gasteiger partial charge in [-0.2, -0.15) is 5.10 Å². The van der Waals surface area contributed by atoms with Gasteiger partial charge < -0.3 is 5.32 Å². The Hall–Kier alpha value is -2.96. The van der Waals surface area contributed by atoms with Crippen LogP contribution in [0.15, 0.2) is 42.7 Å². The number of nitrogens with one attached hydrogen (secondary N) is 2. The summed E-state index contributed by atoms with van der Waals surface area (Å²) >= 11 is 0. The molecule has 0 aliphatic heterocycles. The van der Waals surface area contributed by atoms with Crippen molar-refractivity contribution in [3.05, 3.63) is 58.5 Å². The number of nitrogens with zero attached hydrogens (tertiary/aromatic N) is 3. The first-order valence-electron chi connectivity index (χ1n) is 6.00. The van der Waals surface area contributed by atoms with Gasteiger partial charge in [-0.3, -0.25) is 20.2 Å². The molecular weight excluding hydrogens is 258 g/mol. The molecule has 3 rings (SSSR count). The van der Waals surface area contributed by atoms with Gasteiger partial charge in [-0.05, 0) is 30.3 Å². The fourth-order valence-electron chi connectivity index (χ4n) is 2.05. The highest BCUT2D eigenvalue weighted by Gasteiger charge is 2.18. The molecular formula is C13H11N5O2. The third-order valence-electron chi connectivity index (χ3n) is 2.97. The summed E-state index contributed by atoms with van der Waals surface area (Å²) in [5.41, 5.74) is 1.96. The lowest BCUT2D eigenvalue weighted by Gasteiger charge is -2.07. The second-order valence-electron chi connectivity index (χ2n) is 4.22. The van der Waals surface area contributed by atoms with E-state index in [2.05, 4.69) is 20.5 Å². The molecule has 100 valence electrons. The fourth-order valence-corrected chi connectivity index (χ4v) is 2.05. The summed E-state index contributed by atoms with van der Waals surface area (Å²) in [6.45, 7) is 0.437. The van der Waals surface area contributed by atoms with Gasteiger partial charge in [-0.15, -0.1) is 0 Å². The normalized spacial score (nSPS) is 10.6. The van der Waals surface area contributed by atoms with Crippen LogP contribution in [0, 0.1) is 10.1 Å². The first kappa shape index (κ1) is 12.1. The minimum absolute atomic E-state index is 0.0371. The van der Waals surface area contributed by atoms with Crippen LogP contribution < -0.4 is 5.32 Å². The van der Waals surface area contributed by atoms with Crippen LogP contribution in [0.1, 0.15) is 5.69 Å². The Labute approximate surface area is 113 Å². The number of H-pyrrole nitrogens is 1. The molecule has 0 radical (unpaired) electrons. The molecule has 7 heteroatoms. The lowest BCUT2D eigenvalue weighted by Crippen LogP contribution is -2.03. The summed E-state index contributed by atoms with van der Waals surface area (Å²) in [7, 11) is 0. The van der Waals surface area contributed by atoms with E-state index in [1.54, 1.807) is 42.7 Å². The van der Waals surface area contributed by atoms with Gasteiger partial charge in [-0.25, -0.2) is 0 Å². The van der Waals surface area contributed by atoms with Crippen molar-refractivity contribution in [2.75, 3.05) is 5.32 Å². The predicted molar refractivity (Wildman–Crippen MR) is 74.3 cm³/mol. The van der Waals surface area contributed by atoms with Crippen molar-refractivity contribution in [1.29, 1.82) is 0 Å². The van der Waals surface area contributed by atoms with Gasteiger partial charge in [0.2, 0.25) is 0 Å². The standard InChI is InChI=1S/C13H11N5O2/c19-18(20)13-10-2-1-6-14-11(10)3-4-12(13)15-8-9-5-7-16-17-9/h1-7,15H,8H2,(H,16,17). The summed E-state index contributed by atoms with van der Waals surface area (Å²) < 4.78 is 0. The molecule has 0 bridgehead atoms. The molecule has 20 heavy (non-hydrogen) atoms. The molecule has 0 amide bonds. The van der Waals surface area contributed by atoms with Crippen LogP contribution in [0.2, 0.25) is 0 Å². The zero-order valence-electron chi connectivity index (χ0n) is 10.4. The number of pyridine rings is 1. The zero-order chi connectivity index (χ0) is 13.9. The van der Waals surface area contributed by atoms with E-state index in [0.29, 0.717) is 23.1 Å². The number of fused-ring (bicyclic) bond motifs is 1. The van der Waals surface area contributed by atoms with Crippen molar-refractivity contribution in [3.8, 4) is 0 Å². The average molecular weight is 269 g/mol. The third-order valence-corrected chi connectivity index (χ3v) is 2.97. The number of rotatable bonds is 4. The van der Waals surface area contributed by atoms with Crippen molar-refractivity contribution in [2.24, 2.45) is 0 Å². The first-order chi connectivity index (χ1) is 9.75. The van der Waals surface area contributed by atoms with Gasteiger partial charge in [-0.1, -0.05) is 0 Å². The number of hydrogen-bond donors (Lipinski definition) is 2. The second kappa shape index (κ2) is 4.96. The molecule has 3 aromatic rings. The van der Waals surface area contributed by atoms with Gasteiger partial charge in [0, 0.05) is 12.4 Å². The minimum atomic E-state index is -0.390. The van der Waals surface area contributed by atoms with E-state index in [0.717, 1.165) is 5.69 Å². The maximum Gasteiger partial charge on any atom is 0.301 e. The maximum absolute atomic E-state index is 11.3. The monoisotopic (exact) mass is 269 g/mol. The molecule has 0 saturated heterocycles. The summed E-state index contributed by atoms with van der Waals surface area (Å²) in [6, 6.07) is 8.62. The molecule has 0 unspecified atom stereocenters. The van der Waals surface area contributed by atoms with Crippen molar-refractivity contribution in [2.45, 2.75) is 6.54 Å². The third kappa shape index (κ3) is 2.16. The molecule has 0 aliphatic rings. The molecule has 0 saturated carbocycles. The molecule has 1 aromatic carbocycles. The Balaban J connectivity index is 2.01. The Morgan fingerprint density at radius 2 is 2.15 bits per heavy atom. The van der Waals surface area contributed by atoms with Crippen molar-refractivity contribution in [1.82, 2.24) is 15.2 Å². The lowest BCUT2D eigenvalue weighted by atomic mass is 10.1. The minimum Gasteiger partial charge on any atom is -0.374 e. The number of aromatic nitrogens is 3. The summed E-state index contributed by atoms with van der Waals surface area (Å²) in [4.78, 5) is 15.1. The average Bonchev–Trinajstić information content (AvgIpc) is 2.97. The Kier molecular flexibility index (Phi) is 3.00. The number of nitro groups is 1. The van der Waals surface area contributed by atoms with Crippen molar-refractivity contribution in [3.63, 3.8) is 0 Å². The number of aromatic amines is 1. The summed E-state index contributed by atoms with van der Waals surface area (Å²) in [5.74, 6) is 0. The van der Waals surface area contributed by atoms with Crippen LogP contribution in [-0.4, -0.2) is 20.1 Å². The van der Waals surface area contributed by atoms with Gasteiger partial charge in [0.1, 0.15) is 5.69 Å². The van der Waals surface area contributed by atoms with Crippen molar-refractivity contribution >= 4 is 22.3 Å². The molecule has 0 fully saturated rings. The zero-order valence-corrected chi connectivity index (χ0v) is 10.4. The van der Waals surface area contributed by atoms with E-state index < -0.39 is 0 Å². The highest BCUT2D eigenvalue weighted by molar-refractivity contribution is 5.94. The van der Waals surface area contributed by atoms with E-state index in [-0.39, 0.29) is 10.6 Å². The molecule has 0 aliphatic carbocycles. The van der Waals surface area contributed by atoms with E-state index in [9.17, 15) is 10.1 Å². The van der Waals surface area contributed by atoms with E-state index in [1.165, 1.54) is 0 Å². The van der Waals surface area contributed by atoms with Crippen molar-refractivity contribution < 1.29 is 4.92 Å². The number of nitro benzene ring substituents is 1.